The summed E-state index contributed by atoms with van der Waals surface area (Å²) in [5.74, 6) is 0.579. The molecule has 1 unspecified atom stereocenters. The maximum absolute atomic E-state index is 11.5. The lowest BCUT2D eigenvalue weighted by Crippen LogP contribution is -2.12. The number of rotatable bonds is 7. The van der Waals surface area contributed by atoms with Crippen LogP contribution in [0.2, 0.25) is 0 Å². The van der Waals surface area contributed by atoms with E-state index in [4.69, 9.17) is 10.00 Å². The van der Waals surface area contributed by atoms with Crippen LogP contribution in [0.4, 0.5) is 5.69 Å². The molecule has 0 aliphatic rings. The van der Waals surface area contributed by atoms with Crippen LogP contribution in [0.25, 0.3) is 0 Å². The fourth-order valence-electron chi connectivity index (χ4n) is 2.30. The number of hydrogen-bond acceptors (Lipinski definition) is 5. The van der Waals surface area contributed by atoms with Gasteiger partial charge >= 0.3 is 0 Å². The highest BCUT2D eigenvalue weighted by molar-refractivity contribution is 5.95. The van der Waals surface area contributed by atoms with Crippen molar-refractivity contribution in [2.75, 3.05) is 5.32 Å². The van der Waals surface area contributed by atoms with Gasteiger partial charge < -0.3 is 10.1 Å². The highest BCUT2D eigenvalue weighted by Crippen LogP contribution is 2.20. The van der Waals surface area contributed by atoms with Gasteiger partial charge in [0.15, 0.2) is 11.9 Å². The van der Waals surface area contributed by atoms with Crippen molar-refractivity contribution in [3.63, 3.8) is 0 Å². The summed E-state index contributed by atoms with van der Waals surface area (Å²) in [7, 11) is 0. The second-order valence-electron chi connectivity index (χ2n) is 5.57. The Bertz CT molecular complexity index is 847. The topological polar surface area (TPSA) is 85.9 Å². The molecular formula is C20H19N3O2. The molecule has 0 saturated heterocycles. The van der Waals surface area contributed by atoms with Crippen LogP contribution in [0.15, 0.2) is 42.5 Å². The minimum Gasteiger partial charge on any atom is -0.476 e. The van der Waals surface area contributed by atoms with Gasteiger partial charge in [0.2, 0.25) is 0 Å². The Balaban J connectivity index is 2.14. The first-order valence-corrected chi connectivity index (χ1v) is 8.01. The molecule has 2 rings (SSSR count). The third kappa shape index (κ3) is 4.83. The van der Waals surface area contributed by atoms with E-state index >= 15 is 0 Å². The number of hydrogen-bond donors (Lipinski definition) is 1. The van der Waals surface area contributed by atoms with Crippen molar-refractivity contribution in [3.05, 3.63) is 59.2 Å². The Morgan fingerprint density at radius 3 is 2.68 bits per heavy atom. The van der Waals surface area contributed by atoms with E-state index in [1.807, 2.05) is 25.1 Å². The number of anilines is 1. The smallest absolute Gasteiger partial charge is 0.184 e. The van der Waals surface area contributed by atoms with E-state index in [0.29, 0.717) is 35.5 Å². The first-order valence-electron chi connectivity index (χ1n) is 8.01. The molecule has 2 aromatic carbocycles. The van der Waals surface area contributed by atoms with Crippen molar-refractivity contribution in [1.29, 1.82) is 10.5 Å². The van der Waals surface area contributed by atoms with Crippen LogP contribution in [0.3, 0.4) is 0 Å². The van der Waals surface area contributed by atoms with Crippen LogP contribution < -0.4 is 10.1 Å². The Labute approximate surface area is 147 Å². The second kappa shape index (κ2) is 8.52. The quantitative estimate of drug-likeness (QED) is 0.772. The van der Waals surface area contributed by atoms with E-state index in [9.17, 15) is 10.1 Å². The maximum atomic E-state index is 11.5. The normalized spacial score (nSPS) is 11.0. The summed E-state index contributed by atoms with van der Waals surface area (Å²) in [6.45, 7) is 3.85. The lowest BCUT2D eigenvalue weighted by molar-refractivity contribution is 0.101. The minimum atomic E-state index is -0.472. The van der Waals surface area contributed by atoms with Crippen LogP contribution in [0.5, 0.6) is 5.75 Å². The summed E-state index contributed by atoms with van der Waals surface area (Å²) in [6.07, 6.45) is 0.142. The Hall–Kier alpha value is -3.31. The molecule has 0 heterocycles. The number of ketones is 1. The lowest BCUT2D eigenvalue weighted by atomic mass is 10.1. The van der Waals surface area contributed by atoms with Crippen molar-refractivity contribution in [1.82, 2.24) is 0 Å². The molecule has 0 spiro atoms. The molecule has 0 radical (unpaired) electrons. The fraction of sp³-hybridized carbons (Fsp3) is 0.250. The fourth-order valence-corrected chi connectivity index (χ4v) is 2.30. The van der Waals surface area contributed by atoms with E-state index in [0.717, 1.165) is 5.56 Å². The monoisotopic (exact) mass is 333 g/mol. The molecule has 0 saturated carbocycles. The first kappa shape index (κ1) is 18.0. The van der Waals surface area contributed by atoms with Crippen molar-refractivity contribution < 1.29 is 9.53 Å². The summed E-state index contributed by atoms with van der Waals surface area (Å²) in [4.78, 5) is 11.5. The third-order valence-corrected chi connectivity index (χ3v) is 3.72. The minimum absolute atomic E-state index is 0.0509. The summed E-state index contributed by atoms with van der Waals surface area (Å²) >= 11 is 0. The zero-order valence-corrected chi connectivity index (χ0v) is 14.2. The zero-order valence-electron chi connectivity index (χ0n) is 14.2. The van der Waals surface area contributed by atoms with Gasteiger partial charge in [0.25, 0.3) is 0 Å². The van der Waals surface area contributed by atoms with Gasteiger partial charge in [-0.25, -0.2) is 0 Å². The molecule has 126 valence electrons. The summed E-state index contributed by atoms with van der Waals surface area (Å²) in [5, 5.41) is 21.4. The molecule has 5 nitrogen and oxygen atoms in total. The highest BCUT2D eigenvalue weighted by atomic mass is 16.5. The SMILES string of the molecule is CCC(C#N)Oc1cccc(CNc2cc(C(C)=O)ccc2C#N)c1. The van der Waals surface area contributed by atoms with Crippen molar-refractivity contribution in [2.24, 2.45) is 0 Å². The van der Waals surface area contributed by atoms with Crippen molar-refractivity contribution >= 4 is 11.5 Å². The van der Waals surface area contributed by atoms with E-state index in [1.165, 1.54) is 6.92 Å². The van der Waals surface area contributed by atoms with Gasteiger partial charge in [-0.15, -0.1) is 0 Å². The number of ether oxygens (including phenoxy) is 1. The summed E-state index contributed by atoms with van der Waals surface area (Å²) in [5.41, 5.74) is 2.60. The van der Waals surface area contributed by atoms with Crippen molar-refractivity contribution in [3.8, 4) is 17.9 Å². The number of nitriles is 2. The number of Topliss-reactive ketones (excluding diaryl/α,β-unsaturated/α-hetero) is 1. The van der Waals surface area contributed by atoms with Crippen LogP contribution in [-0.4, -0.2) is 11.9 Å². The number of carbonyl (C=O) groups excluding carboxylic acids is 1. The van der Waals surface area contributed by atoms with E-state index in [1.54, 1.807) is 24.3 Å². The highest BCUT2D eigenvalue weighted by Gasteiger charge is 2.08. The molecule has 5 heteroatoms. The zero-order chi connectivity index (χ0) is 18.2. The van der Waals surface area contributed by atoms with Crippen LogP contribution in [-0.2, 0) is 6.54 Å². The molecule has 1 atom stereocenters. The van der Waals surface area contributed by atoms with Crippen LogP contribution in [0.1, 0.15) is 41.8 Å². The average Bonchev–Trinajstić information content (AvgIpc) is 2.64. The van der Waals surface area contributed by atoms with Gasteiger partial charge in [-0.2, -0.15) is 10.5 Å². The van der Waals surface area contributed by atoms with Crippen molar-refractivity contribution in [2.45, 2.75) is 32.9 Å². The van der Waals surface area contributed by atoms with E-state index < -0.39 is 6.10 Å². The largest absolute Gasteiger partial charge is 0.476 e. The van der Waals surface area contributed by atoms with Gasteiger partial charge in [-0.05, 0) is 49.2 Å². The summed E-state index contributed by atoms with van der Waals surface area (Å²) in [6, 6.07) is 16.6. The lowest BCUT2D eigenvalue weighted by Gasteiger charge is -2.13. The first-order chi connectivity index (χ1) is 12.1. The van der Waals surface area contributed by atoms with Crippen LogP contribution in [0, 0.1) is 22.7 Å². The molecular weight excluding hydrogens is 314 g/mol. The van der Waals surface area contributed by atoms with E-state index in [-0.39, 0.29) is 5.78 Å². The molecule has 0 bridgehead atoms. The average molecular weight is 333 g/mol. The van der Waals surface area contributed by atoms with Gasteiger partial charge in [-0.1, -0.05) is 19.1 Å². The molecule has 2 aromatic rings. The summed E-state index contributed by atoms with van der Waals surface area (Å²) < 4.78 is 5.62. The van der Waals surface area contributed by atoms with Gasteiger partial charge in [0, 0.05) is 12.1 Å². The predicted molar refractivity (Wildman–Crippen MR) is 95.3 cm³/mol. The number of nitrogens with one attached hydrogen (secondary N) is 1. The maximum Gasteiger partial charge on any atom is 0.184 e. The van der Waals surface area contributed by atoms with Gasteiger partial charge in [0.1, 0.15) is 17.9 Å². The molecule has 0 fully saturated rings. The second-order valence-corrected chi connectivity index (χ2v) is 5.57. The molecule has 25 heavy (non-hydrogen) atoms. The third-order valence-electron chi connectivity index (χ3n) is 3.72. The molecule has 0 aromatic heterocycles. The number of nitrogens with zero attached hydrogens (tertiary/aromatic N) is 2. The number of benzene rings is 2. The number of carbonyl (C=O) groups is 1. The molecule has 1 N–H and O–H groups in total. The Morgan fingerprint density at radius 1 is 1.24 bits per heavy atom. The van der Waals surface area contributed by atoms with E-state index in [2.05, 4.69) is 17.5 Å². The Kier molecular flexibility index (Phi) is 6.14. The van der Waals surface area contributed by atoms with Gasteiger partial charge in [0.05, 0.1) is 11.3 Å². The Morgan fingerprint density at radius 2 is 2.04 bits per heavy atom. The molecule has 0 amide bonds. The standard InChI is InChI=1S/C20H19N3O2/c1-3-18(12-22)25-19-6-4-5-15(9-19)13-23-20-10-16(14(2)24)7-8-17(20)11-21/h4-10,18,23H,3,13H2,1-2H3. The predicted octanol–water partition coefficient (Wildman–Crippen LogP) is 4.05. The molecule has 0 aliphatic heterocycles. The molecule has 0 aliphatic carbocycles. The van der Waals surface area contributed by atoms with Gasteiger partial charge in [-0.3, -0.25) is 4.79 Å². The van der Waals surface area contributed by atoms with Crippen LogP contribution >= 0.6 is 0 Å².